The topological polar surface area (TPSA) is 113 Å². The first-order chi connectivity index (χ1) is 18.5. The Morgan fingerprint density at radius 3 is 2.21 bits per heavy atom. The van der Waals surface area contributed by atoms with Crippen LogP contribution in [-0.4, -0.2) is 26.6 Å². The van der Waals surface area contributed by atoms with Crippen LogP contribution >= 0.6 is 0 Å². The summed E-state index contributed by atoms with van der Waals surface area (Å²) in [5.41, 5.74) is 3.43. The van der Waals surface area contributed by atoms with E-state index in [1.165, 1.54) is 12.1 Å². The molecular formula is C29H18N4O5. The number of aromatic nitrogens is 2. The number of benzene rings is 3. The molecule has 0 N–H and O–H groups in total. The maximum atomic E-state index is 12.6. The van der Waals surface area contributed by atoms with Gasteiger partial charge in [-0.25, -0.2) is 14.5 Å². The Balaban J connectivity index is 1.41. The molecule has 0 saturated heterocycles. The number of non-ortho nitro benzene ring substituents is 1. The number of aliphatic imine (C=N–C) groups is 1. The first kappa shape index (κ1) is 22.9. The molecular weight excluding hydrogens is 484 g/mol. The van der Waals surface area contributed by atoms with Crippen LogP contribution in [-0.2, 0) is 9.53 Å². The molecule has 3 aromatic carbocycles. The van der Waals surface area contributed by atoms with Gasteiger partial charge in [0.05, 0.1) is 10.6 Å². The zero-order valence-corrected chi connectivity index (χ0v) is 19.7. The lowest BCUT2D eigenvalue weighted by Gasteiger charge is -1.99. The summed E-state index contributed by atoms with van der Waals surface area (Å²) in [7, 11) is 0. The molecule has 9 nitrogen and oxygen atoms in total. The summed E-state index contributed by atoms with van der Waals surface area (Å²) in [5, 5.41) is 15.7. The minimum absolute atomic E-state index is 0.00470. The van der Waals surface area contributed by atoms with Gasteiger partial charge in [0.1, 0.15) is 11.5 Å². The van der Waals surface area contributed by atoms with Crippen LogP contribution in [0.4, 0.5) is 5.69 Å². The fourth-order valence-corrected chi connectivity index (χ4v) is 4.03. The van der Waals surface area contributed by atoms with E-state index in [9.17, 15) is 14.9 Å². The quantitative estimate of drug-likeness (QED) is 0.121. The number of nitrogens with zero attached hydrogens (tertiary/aromatic N) is 4. The Kier molecular flexibility index (Phi) is 5.70. The standard InChI is InChI=1S/C29H18N4O5/c34-29-24(30-28(38-29)20-7-3-1-4-8-20)17-21-18-32(22-9-5-2-6-10-22)31-27(21)26-16-15-25(37-26)19-11-13-23(14-12-19)33(35)36/h1-18H/b24-17+. The fourth-order valence-electron chi connectivity index (χ4n) is 4.03. The molecule has 38 heavy (non-hydrogen) atoms. The van der Waals surface area contributed by atoms with Gasteiger partial charge < -0.3 is 9.15 Å². The second-order valence-electron chi connectivity index (χ2n) is 8.38. The van der Waals surface area contributed by atoms with Crippen LogP contribution in [0, 0.1) is 10.1 Å². The lowest BCUT2D eigenvalue weighted by atomic mass is 10.1. The van der Waals surface area contributed by atoms with E-state index < -0.39 is 10.9 Å². The Morgan fingerprint density at radius 1 is 0.816 bits per heavy atom. The van der Waals surface area contributed by atoms with E-state index in [2.05, 4.69) is 4.99 Å². The molecule has 0 fully saturated rings. The smallest absolute Gasteiger partial charge is 0.363 e. The van der Waals surface area contributed by atoms with Gasteiger partial charge in [-0.05, 0) is 54.6 Å². The first-order valence-corrected chi connectivity index (χ1v) is 11.6. The number of nitro groups is 1. The molecule has 0 radical (unpaired) electrons. The molecule has 0 amide bonds. The Hall–Kier alpha value is -5.57. The third-order valence-electron chi connectivity index (χ3n) is 5.90. The molecule has 5 aromatic rings. The van der Waals surface area contributed by atoms with Crippen molar-refractivity contribution in [3.8, 4) is 28.5 Å². The number of nitro benzene ring substituents is 1. The van der Waals surface area contributed by atoms with Gasteiger partial charge in [-0.1, -0.05) is 36.4 Å². The van der Waals surface area contributed by atoms with Gasteiger partial charge in [0.15, 0.2) is 11.5 Å². The second kappa shape index (κ2) is 9.47. The Morgan fingerprint density at radius 2 is 1.50 bits per heavy atom. The third kappa shape index (κ3) is 4.40. The Labute approximate surface area is 216 Å². The summed E-state index contributed by atoms with van der Waals surface area (Å²) in [6.45, 7) is 0. The Bertz CT molecular complexity index is 1720. The minimum Gasteiger partial charge on any atom is -0.454 e. The number of rotatable bonds is 6. The van der Waals surface area contributed by atoms with E-state index in [-0.39, 0.29) is 17.3 Å². The average molecular weight is 502 g/mol. The molecule has 0 unspecified atom stereocenters. The number of ether oxygens (including phenoxy) is 1. The summed E-state index contributed by atoms with van der Waals surface area (Å²) >= 11 is 0. The highest BCUT2D eigenvalue weighted by molar-refractivity contribution is 6.13. The van der Waals surface area contributed by atoms with E-state index in [4.69, 9.17) is 14.3 Å². The van der Waals surface area contributed by atoms with Gasteiger partial charge in [-0.2, -0.15) is 5.10 Å². The maximum absolute atomic E-state index is 12.6. The molecule has 2 aromatic heterocycles. The normalized spacial score (nSPS) is 13.9. The summed E-state index contributed by atoms with van der Waals surface area (Å²) in [5.74, 6) is 0.650. The molecule has 1 aliphatic heterocycles. The van der Waals surface area contributed by atoms with Crippen molar-refractivity contribution in [2.45, 2.75) is 0 Å². The van der Waals surface area contributed by atoms with Crippen LogP contribution in [0.25, 0.3) is 34.5 Å². The van der Waals surface area contributed by atoms with Crippen molar-refractivity contribution in [2.75, 3.05) is 0 Å². The van der Waals surface area contributed by atoms with Crippen molar-refractivity contribution in [2.24, 2.45) is 4.99 Å². The van der Waals surface area contributed by atoms with Gasteiger partial charge in [-0.15, -0.1) is 0 Å². The first-order valence-electron chi connectivity index (χ1n) is 11.6. The molecule has 9 heteroatoms. The van der Waals surface area contributed by atoms with Crippen LogP contribution < -0.4 is 0 Å². The number of hydrogen-bond acceptors (Lipinski definition) is 7. The number of hydrogen-bond donors (Lipinski definition) is 0. The maximum Gasteiger partial charge on any atom is 0.363 e. The number of para-hydroxylation sites is 1. The van der Waals surface area contributed by atoms with Crippen LogP contribution in [0.2, 0.25) is 0 Å². The van der Waals surface area contributed by atoms with Crippen molar-refractivity contribution in [1.29, 1.82) is 0 Å². The summed E-state index contributed by atoms with van der Waals surface area (Å²) in [6.07, 6.45) is 3.41. The molecule has 0 saturated carbocycles. The number of carbonyl (C=O) groups is 1. The zero-order chi connectivity index (χ0) is 26.1. The largest absolute Gasteiger partial charge is 0.454 e. The number of furan rings is 1. The number of carbonyl (C=O) groups excluding carboxylic acids is 1. The van der Waals surface area contributed by atoms with E-state index in [1.54, 1.807) is 41.2 Å². The molecule has 6 rings (SSSR count). The fraction of sp³-hybridized carbons (Fsp3) is 0. The van der Waals surface area contributed by atoms with E-state index in [0.717, 1.165) is 5.69 Å². The van der Waals surface area contributed by atoms with Crippen LogP contribution in [0.3, 0.4) is 0 Å². The molecule has 0 bridgehead atoms. The minimum atomic E-state index is -0.562. The van der Waals surface area contributed by atoms with Gasteiger partial charge in [0, 0.05) is 35.0 Å². The molecule has 184 valence electrons. The second-order valence-corrected chi connectivity index (χ2v) is 8.38. The predicted octanol–water partition coefficient (Wildman–Crippen LogP) is 6.05. The van der Waals surface area contributed by atoms with Crippen LogP contribution in [0.1, 0.15) is 11.1 Å². The zero-order valence-electron chi connectivity index (χ0n) is 19.7. The van der Waals surface area contributed by atoms with Crippen molar-refractivity contribution >= 4 is 23.6 Å². The molecule has 0 atom stereocenters. The highest BCUT2D eigenvalue weighted by Gasteiger charge is 2.25. The molecule has 1 aliphatic rings. The molecule has 3 heterocycles. The highest BCUT2D eigenvalue weighted by atomic mass is 16.6. The predicted molar refractivity (Wildman–Crippen MR) is 140 cm³/mol. The van der Waals surface area contributed by atoms with Gasteiger partial charge in [-0.3, -0.25) is 10.1 Å². The van der Waals surface area contributed by atoms with Crippen molar-refractivity contribution < 1.29 is 18.9 Å². The summed E-state index contributed by atoms with van der Waals surface area (Å²) < 4.78 is 13.2. The monoisotopic (exact) mass is 502 g/mol. The lowest BCUT2D eigenvalue weighted by molar-refractivity contribution is -0.384. The number of cyclic esters (lactones) is 1. The average Bonchev–Trinajstić information content (AvgIpc) is 3.69. The SMILES string of the molecule is O=C1OC(c2ccccc2)=N/C1=C/c1cn(-c2ccccc2)nc1-c1ccc(-c2ccc([N+](=O)[O-])cc2)o1. The highest BCUT2D eigenvalue weighted by Crippen LogP contribution is 2.32. The molecule has 0 spiro atoms. The van der Waals surface area contributed by atoms with Crippen LogP contribution in [0.15, 0.2) is 118 Å². The summed E-state index contributed by atoms with van der Waals surface area (Å²) in [6, 6.07) is 28.4. The van der Waals surface area contributed by atoms with E-state index in [0.29, 0.717) is 33.9 Å². The van der Waals surface area contributed by atoms with Crippen LogP contribution in [0.5, 0.6) is 0 Å². The third-order valence-corrected chi connectivity index (χ3v) is 5.90. The van der Waals surface area contributed by atoms with Crippen molar-refractivity contribution in [3.05, 3.63) is 130 Å². The van der Waals surface area contributed by atoms with Gasteiger partial charge >= 0.3 is 5.97 Å². The number of esters is 1. The van der Waals surface area contributed by atoms with Crippen molar-refractivity contribution in [3.63, 3.8) is 0 Å². The van der Waals surface area contributed by atoms with Gasteiger partial charge in [0.2, 0.25) is 5.90 Å². The lowest BCUT2D eigenvalue weighted by Crippen LogP contribution is -2.04. The summed E-state index contributed by atoms with van der Waals surface area (Å²) in [4.78, 5) is 27.6. The van der Waals surface area contributed by atoms with Gasteiger partial charge in [0.25, 0.3) is 5.69 Å². The van der Waals surface area contributed by atoms with Crippen molar-refractivity contribution in [1.82, 2.24) is 9.78 Å². The van der Waals surface area contributed by atoms with E-state index >= 15 is 0 Å². The molecule has 0 aliphatic carbocycles. The van der Waals surface area contributed by atoms with E-state index in [1.807, 2.05) is 60.7 Å².